The zero-order chi connectivity index (χ0) is 13.3. The van der Waals surface area contributed by atoms with Crippen molar-refractivity contribution in [2.45, 2.75) is 0 Å². The zero-order valence-corrected chi connectivity index (χ0v) is 10.7. The third-order valence-electron chi connectivity index (χ3n) is 2.21. The molecule has 0 radical (unpaired) electrons. The van der Waals surface area contributed by atoms with Crippen molar-refractivity contribution in [3.63, 3.8) is 0 Å². The van der Waals surface area contributed by atoms with E-state index in [0.29, 0.717) is 15.2 Å². The van der Waals surface area contributed by atoms with E-state index in [1.54, 1.807) is 0 Å². The van der Waals surface area contributed by atoms with Gasteiger partial charge in [0.25, 0.3) is 0 Å². The monoisotopic (exact) mass is 308 g/mol. The molecule has 0 atom stereocenters. The van der Waals surface area contributed by atoms with Gasteiger partial charge in [0, 0.05) is 0 Å². The van der Waals surface area contributed by atoms with Crippen molar-refractivity contribution >= 4 is 29.5 Å². The number of nitroso groups, excluding NO2 is 1. The Morgan fingerprint density at radius 1 is 1.17 bits per heavy atom. The topological polar surface area (TPSA) is 104 Å². The van der Waals surface area contributed by atoms with Crippen LogP contribution in [0.5, 0.6) is 5.75 Å². The SMILES string of the molecule is O=Nc1c(O)ccc2c[c]([Mn][S](=O)(=O)O)ccc12. The molecule has 0 saturated heterocycles. The number of phenolic OH excluding ortho intramolecular Hbond substituents is 1. The summed E-state index contributed by atoms with van der Waals surface area (Å²) in [6.45, 7) is 0. The summed E-state index contributed by atoms with van der Waals surface area (Å²) in [5, 5.41) is 13.2. The molecule has 0 unspecified atom stereocenters. The molecule has 0 aliphatic carbocycles. The van der Waals surface area contributed by atoms with Crippen LogP contribution in [-0.4, -0.2) is 18.1 Å². The Balaban J connectivity index is 2.61. The number of hydrogen-bond acceptors (Lipinski definition) is 5. The Labute approximate surface area is 108 Å². The van der Waals surface area contributed by atoms with E-state index < -0.39 is 22.4 Å². The normalized spacial score (nSPS) is 11.6. The molecule has 0 aliphatic rings. The number of rotatable bonds is 3. The molecule has 2 aromatic carbocycles. The minimum atomic E-state index is -4.07. The van der Waals surface area contributed by atoms with Gasteiger partial charge in [0.1, 0.15) is 0 Å². The van der Waals surface area contributed by atoms with E-state index in [1.807, 2.05) is 0 Å². The first-order chi connectivity index (χ1) is 8.40. The van der Waals surface area contributed by atoms with Gasteiger partial charge < -0.3 is 0 Å². The van der Waals surface area contributed by atoms with Gasteiger partial charge in [0.2, 0.25) is 0 Å². The van der Waals surface area contributed by atoms with Crippen molar-refractivity contribution in [2.24, 2.45) is 5.18 Å². The number of phenols is 1. The molecule has 2 aromatic rings. The number of nitrogens with zero attached hydrogens (tertiary/aromatic N) is 1. The summed E-state index contributed by atoms with van der Waals surface area (Å²) >= 11 is -0.805. The van der Waals surface area contributed by atoms with Gasteiger partial charge in [-0.3, -0.25) is 0 Å². The van der Waals surface area contributed by atoms with Crippen molar-refractivity contribution < 1.29 is 31.9 Å². The van der Waals surface area contributed by atoms with Crippen LogP contribution in [0.25, 0.3) is 10.8 Å². The third kappa shape index (κ3) is 2.68. The summed E-state index contributed by atoms with van der Waals surface area (Å²) in [4.78, 5) is 10.6. The fraction of sp³-hybridized carbons (Fsp3) is 0. The van der Waals surface area contributed by atoms with Gasteiger partial charge in [-0.1, -0.05) is 0 Å². The second kappa shape index (κ2) is 4.66. The van der Waals surface area contributed by atoms with Crippen LogP contribution in [0.3, 0.4) is 0 Å². The Hall–Kier alpha value is -1.47. The molecule has 0 aliphatic heterocycles. The molecule has 0 heterocycles. The van der Waals surface area contributed by atoms with Crippen LogP contribution >= 0.6 is 0 Å². The molecule has 0 bridgehead atoms. The fourth-order valence-corrected chi connectivity index (χ4v) is 3.64. The van der Waals surface area contributed by atoms with Gasteiger partial charge in [-0.25, -0.2) is 0 Å². The molecule has 6 nitrogen and oxygen atoms in total. The number of benzene rings is 2. The van der Waals surface area contributed by atoms with Crippen molar-refractivity contribution in [3.8, 4) is 5.75 Å². The summed E-state index contributed by atoms with van der Waals surface area (Å²) in [6, 6.07) is 7.32. The van der Waals surface area contributed by atoms with Crippen LogP contribution in [0.2, 0.25) is 0 Å². The van der Waals surface area contributed by atoms with Crippen LogP contribution in [0, 0.1) is 4.91 Å². The van der Waals surface area contributed by atoms with Gasteiger partial charge in [0.15, 0.2) is 0 Å². The Kier molecular flexibility index (Phi) is 3.36. The van der Waals surface area contributed by atoms with E-state index in [2.05, 4.69) is 5.18 Å². The van der Waals surface area contributed by atoms with E-state index in [0.717, 1.165) is 0 Å². The van der Waals surface area contributed by atoms with E-state index in [-0.39, 0.29) is 11.4 Å². The summed E-state index contributed by atoms with van der Waals surface area (Å²) < 4.78 is 30.7. The number of fused-ring (bicyclic) bond motifs is 1. The Morgan fingerprint density at radius 3 is 2.50 bits per heavy atom. The van der Waals surface area contributed by atoms with Crippen LogP contribution in [0.4, 0.5) is 5.69 Å². The van der Waals surface area contributed by atoms with Crippen LogP contribution in [0.1, 0.15) is 0 Å². The minimum absolute atomic E-state index is 0.0883. The maximum atomic E-state index is 10.8. The molecular formula is C10H7MnNO5S. The predicted molar refractivity (Wildman–Crippen MR) is 62.3 cm³/mol. The van der Waals surface area contributed by atoms with Crippen molar-refractivity contribution in [2.75, 3.05) is 0 Å². The first kappa shape index (κ1) is 13.0. The average Bonchev–Trinajstić information content (AvgIpc) is 2.27. The van der Waals surface area contributed by atoms with Crippen molar-refractivity contribution in [1.29, 1.82) is 0 Å². The van der Waals surface area contributed by atoms with Gasteiger partial charge >= 0.3 is 108 Å². The molecular weight excluding hydrogens is 301 g/mol. The average molecular weight is 308 g/mol. The zero-order valence-electron chi connectivity index (χ0n) is 8.74. The standard InChI is InChI=1S/C10H6NO2.Mn.HO3S/c12-9-6-5-7-3-1-2-4-8(7)10(9)11-13;;1-4(2)3/h2-6,12H;;(H,1,2,3). The quantitative estimate of drug-likeness (QED) is 0.507. The summed E-state index contributed by atoms with van der Waals surface area (Å²) in [5.41, 5.74) is -0.0883. The van der Waals surface area contributed by atoms with Crippen molar-refractivity contribution in [3.05, 3.63) is 35.2 Å². The summed E-state index contributed by atoms with van der Waals surface area (Å²) in [6.07, 6.45) is 0. The molecule has 8 heteroatoms. The Bertz CT molecular complexity index is 728. The maximum absolute atomic E-state index is 10.8. The molecule has 2 N–H and O–H groups in total. The summed E-state index contributed by atoms with van der Waals surface area (Å²) in [7, 11) is -4.07. The van der Waals surface area contributed by atoms with Gasteiger partial charge in [-0.2, -0.15) is 0 Å². The Morgan fingerprint density at radius 2 is 1.89 bits per heavy atom. The molecule has 95 valence electrons. The van der Waals surface area contributed by atoms with Gasteiger partial charge in [-0.05, 0) is 0 Å². The third-order valence-corrected chi connectivity index (χ3v) is 4.70. The molecule has 0 amide bonds. The van der Waals surface area contributed by atoms with Crippen molar-refractivity contribution in [1.82, 2.24) is 0 Å². The first-order valence-corrected chi connectivity index (χ1v) is 8.01. The second-order valence-corrected chi connectivity index (χ2v) is 7.59. The van der Waals surface area contributed by atoms with Crippen LogP contribution in [-0.2, 0) is 22.4 Å². The number of hydrogen-bond donors (Lipinski definition) is 2. The molecule has 0 aromatic heterocycles. The predicted octanol–water partition coefficient (Wildman–Crippen LogP) is 1.45. The molecule has 0 fully saturated rings. The first-order valence-electron chi connectivity index (χ1n) is 4.64. The van der Waals surface area contributed by atoms with Crippen LogP contribution in [0.15, 0.2) is 35.5 Å². The summed E-state index contributed by atoms with van der Waals surface area (Å²) in [5.74, 6) is -0.234. The van der Waals surface area contributed by atoms with Crippen LogP contribution < -0.4 is 4.46 Å². The van der Waals surface area contributed by atoms with Gasteiger partial charge in [-0.15, -0.1) is 0 Å². The van der Waals surface area contributed by atoms with E-state index in [4.69, 9.17) is 4.55 Å². The fourth-order valence-electron chi connectivity index (χ4n) is 1.53. The molecule has 0 spiro atoms. The van der Waals surface area contributed by atoms with E-state index >= 15 is 0 Å². The van der Waals surface area contributed by atoms with Gasteiger partial charge in [0.05, 0.1) is 0 Å². The van der Waals surface area contributed by atoms with E-state index in [1.165, 1.54) is 30.3 Å². The molecule has 2 rings (SSSR count). The van der Waals surface area contributed by atoms with E-state index in [9.17, 15) is 18.4 Å². The molecule has 0 saturated carbocycles. The molecule has 18 heavy (non-hydrogen) atoms. The second-order valence-electron chi connectivity index (χ2n) is 3.38. The number of aromatic hydroxyl groups is 1.